The molecule has 1 aliphatic rings. The molecule has 4 aromatic rings. The van der Waals surface area contributed by atoms with Gasteiger partial charge in [-0.1, -0.05) is 23.1 Å². The van der Waals surface area contributed by atoms with Gasteiger partial charge < -0.3 is 14.6 Å². The number of halogens is 1. The first-order chi connectivity index (χ1) is 16.9. The average molecular weight is 533 g/mol. The normalized spacial score (nSPS) is 15.7. The average Bonchev–Trinajstić information content (AvgIpc) is 3.56. The van der Waals surface area contributed by atoms with Gasteiger partial charge in [-0.2, -0.15) is 5.10 Å². The van der Waals surface area contributed by atoms with Gasteiger partial charge in [0.2, 0.25) is 5.91 Å². The van der Waals surface area contributed by atoms with E-state index in [2.05, 4.69) is 15.5 Å². The number of rotatable bonds is 7. The van der Waals surface area contributed by atoms with Gasteiger partial charge in [-0.15, -0.1) is 0 Å². The molecular weight excluding hydrogens is 511 g/mol. The molecule has 4 heterocycles. The van der Waals surface area contributed by atoms with Crippen molar-refractivity contribution in [1.82, 2.24) is 24.3 Å². The number of benzene rings is 1. The molecule has 1 atom stereocenters. The molecule has 2 N–H and O–H groups in total. The summed E-state index contributed by atoms with van der Waals surface area (Å²) >= 11 is 7.85. The summed E-state index contributed by atoms with van der Waals surface area (Å²) in [7, 11) is 0. The van der Waals surface area contributed by atoms with E-state index in [1.165, 1.54) is 40.2 Å². The van der Waals surface area contributed by atoms with Crippen LogP contribution in [0.5, 0.6) is 0 Å². The van der Waals surface area contributed by atoms with E-state index in [0.29, 0.717) is 44.1 Å². The lowest BCUT2D eigenvalue weighted by Gasteiger charge is -2.14. The van der Waals surface area contributed by atoms with Crippen molar-refractivity contribution >= 4 is 57.4 Å². The van der Waals surface area contributed by atoms with Crippen molar-refractivity contribution in [2.75, 3.05) is 17.7 Å². The zero-order valence-corrected chi connectivity index (χ0v) is 21.1. The molecule has 0 saturated carbocycles. The molecule has 0 radical (unpaired) electrons. The molecule has 1 fully saturated rings. The van der Waals surface area contributed by atoms with Crippen molar-refractivity contribution in [3.8, 4) is 5.69 Å². The lowest BCUT2D eigenvalue weighted by atomic mass is 10.2. The fourth-order valence-electron chi connectivity index (χ4n) is 3.84. The van der Waals surface area contributed by atoms with Gasteiger partial charge >= 0.3 is 0 Å². The predicted octanol–water partition coefficient (Wildman–Crippen LogP) is 4.06. The van der Waals surface area contributed by atoms with Gasteiger partial charge in [-0.25, -0.2) is 9.37 Å². The first-order valence-electron chi connectivity index (χ1n) is 10.9. The number of nitrogens with one attached hydrogen (secondary N) is 2. The van der Waals surface area contributed by atoms with Gasteiger partial charge in [0.15, 0.2) is 20.6 Å². The van der Waals surface area contributed by atoms with Gasteiger partial charge in [0.05, 0.1) is 24.1 Å². The zero-order valence-electron chi connectivity index (χ0n) is 18.6. The second-order valence-electron chi connectivity index (χ2n) is 8.05. The molecule has 3 aromatic heterocycles. The van der Waals surface area contributed by atoms with Crippen LogP contribution in [0, 0.1) is 16.7 Å². The molecule has 1 aromatic carbocycles. The number of aryl methyl sites for hydroxylation is 1. The largest absolute Gasteiger partial charge is 0.376 e. The van der Waals surface area contributed by atoms with Crippen molar-refractivity contribution in [3.05, 3.63) is 56.2 Å². The molecule has 35 heavy (non-hydrogen) atoms. The number of carbonyl (C=O) groups excluding carboxylic acids is 1. The lowest BCUT2D eigenvalue weighted by molar-refractivity contribution is -0.113. The second kappa shape index (κ2) is 10.0. The van der Waals surface area contributed by atoms with Crippen molar-refractivity contribution in [3.63, 3.8) is 0 Å². The maximum atomic E-state index is 13.6. The lowest BCUT2D eigenvalue weighted by Crippen LogP contribution is -2.23. The monoisotopic (exact) mass is 532 g/mol. The number of aromatic nitrogens is 5. The number of hydrogen-bond acceptors (Lipinski definition) is 8. The molecule has 5 rings (SSSR count). The fourth-order valence-corrected chi connectivity index (χ4v) is 5.92. The van der Waals surface area contributed by atoms with Gasteiger partial charge in [-0.05, 0) is 56.2 Å². The Morgan fingerprint density at radius 2 is 2.20 bits per heavy atom. The fraction of sp³-hybridized carbons (Fsp3) is 0.318. The number of carbonyl (C=O) groups is 1. The van der Waals surface area contributed by atoms with E-state index in [-0.39, 0.29) is 23.3 Å². The highest BCUT2D eigenvalue weighted by molar-refractivity contribution is 7.99. The number of nitrogens with zero attached hydrogens (tertiary/aromatic N) is 4. The standard InChI is InChI=1S/C22H21FN6O3S3/c1-12-9-16(27-26-12)24-17(30)11-34-21-25-19-18(20(31)29(21)14-6-4-13(23)5-7-14)35-22(33)28(19)10-15-3-2-8-32-15/h4-7,9,15H,2-3,8,10-11H2,1H3,(H2,24,26,27,30). The summed E-state index contributed by atoms with van der Waals surface area (Å²) in [6, 6.07) is 7.27. The first kappa shape index (κ1) is 23.9. The third-order valence-electron chi connectivity index (χ3n) is 5.46. The number of hydrogen-bond donors (Lipinski definition) is 2. The topological polar surface area (TPSA) is 107 Å². The van der Waals surface area contributed by atoms with E-state index in [0.717, 1.165) is 30.3 Å². The summed E-state index contributed by atoms with van der Waals surface area (Å²) in [5.74, 6) is -0.322. The number of anilines is 1. The first-order valence-corrected chi connectivity index (χ1v) is 13.1. The Morgan fingerprint density at radius 3 is 2.89 bits per heavy atom. The third-order valence-corrected chi connectivity index (χ3v) is 7.82. The quantitative estimate of drug-likeness (QED) is 0.210. The SMILES string of the molecule is Cc1cc(NC(=O)CSc2nc3c(sc(=S)n3CC3CCCO3)c(=O)n2-c2ccc(F)cc2)n[nH]1. The summed E-state index contributed by atoms with van der Waals surface area (Å²) < 4.78 is 23.5. The van der Waals surface area contributed by atoms with Crippen LogP contribution in [-0.2, 0) is 16.1 Å². The molecule has 182 valence electrons. The molecule has 1 amide bonds. The Kier molecular flexibility index (Phi) is 6.82. The Labute approximate surface area is 212 Å². The zero-order chi connectivity index (χ0) is 24.5. The number of fused-ring (bicyclic) bond motifs is 1. The highest BCUT2D eigenvalue weighted by atomic mass is 32.2. The van der Waals surface area contributed by atoms with Crippen LogP contribution in [0.2, 0.25) is 0 Å². The van der Waals surface area contributed by atoms with Crippen molar-refractivity contribution in [2.45, 2.75) is 37.6 Å². The number of amides is 1. The number of thiazole rings is 1. The molecule has 13 heteroatoms. The van der Waals surface area contributed by atoms with Gasteiger partial charge in [0.25, 0.3) is 5.56 Å². The van der Waals surface area contributed by atoms with E-state index in [4.69, 9.17) is 21.9 Å². The van der Waals surface area contributed by atoms with Crippen LogP contribution in [-0.4, -0.2) is 48.7 Å². The summed E-state index contributed by atoms with van der Waals surface area (Å²) in [5.41, 5.74) is 1.40. The molecule has 0 bridgehead atoms. The molecule has 1 saturated heterocycles. The maximum Gasteiger partial charge on any atom is 0.278 e. The van der Waals surface area contributed by atoms with Gasteiger partial charge in [-0.3, -0.25) is 19.3 Å². The van der Waals surface area contributed by atoms with Crippen LogP contribution in [0.15, 0.2) is 40.3 Å². The van der Waals surface area contributed by atoms with Crippen LogP contribution in [0.4, 0.5) is 10.2 Å². The minimum Gasteiger partial charge on any atom is -0.376 e. The molecule has 0 spiro atoms. The maximum absolute atomic E-state index is 13.6. The third kappa shape index (κ3) is 5.08. The number of thioether (sulfide) groups is 1. The number of H-pyrrole nitrogens is 1. The Hall–Kier alpha value is -2.87. The predicted molar refractivity (Wildman–Crippen MR) is 136 cm³/mol. The smallest absolute Gasteiger partial charge is 0.278 e. The van der Waals surface area contributed by atoms with Crippen LogP contribution in [0.1, 0.15) is 18.5 Å². The van der Waals surface area contributed by atoms with Crippen LogP contribution < -0.4 is 10.9 Å². The van der Waals surface area contributed by atoms with Gasteiger partial charge in [0, 0.05) is 18.4 Å². The molecule has 1 unspecified atom stereocenters. The Bertz CT molecular complexity index is 1500. The number of aromatic amines is 1. The van der Waals surface area contributed by atoms with E-state index < -0.39 is 5.82 Å². The summed E-state index contributed by atoms with van der Waals surface area (Å²) in [6.07, 6.45) is 1.91. The number of ether oxygens (including phenoxy) is 1. The van der Waals surface area contributed by atoms with E-state index in [1.807, 2.05) is 11.5 Å². The molecule has 9 nitrogen and oxygen atoms in total. The van der Waals surface area contributed by atoms with E-state index in [1.54, 1.807) is 6.07 Å². The van der Waals surface area contributed by atoms with E-state index >= 15 is 0 Å². The van der Waals surface area contributed by atoms with Crippen LogP contribution >= 0.6 is 35.3 Å². The van der Waals surface area contributed by atoms with Gasteiger partial charge in [0.1, 0.15) is 10.5 Å². The summed E-state index contributed by atoms with van der Waals surface area (Å²) in [4.78, 5) is 30.9. The summed E-state index contributed by atoms with van der Waals surface area (Å²) in [6.45, 7) is 3.05. The van der Waals surface area contributed by atoms with E-state index in [9.17, 15) is 14.0 Å². The minimum atomic E-state index is -0.419. The minimum absolute atomic E-state index is 0.0122. The summed E-state index contributed by atoms with van der Waals surface area (Å²) in [5, 5.41) is 9.79. The van der Waals surface area contributed by atoms with Crippen molar-refractivity contribution in [2.24, 2.45) is 0 Å². The van der Waals surface area contributed by atoms with Crippen LogP contribution in [0.3, 0.4) is 0 Å². The highest BCUT2D eigenvalue weighted by Gasteiger charge is 2.22. The molecule has 0 aliphatic carbocycles. The van der Waals surface area contributed by atoms with Crippen LogP contribution in [0.25, 0.3) is 16.0 Å². The van der Waals surface area contributed by atoms with Crippen molar-refractivity contribution in [1.29, 1.82) is 0 Å². The van der Waals surface area contributed by atoms with Crippen molar-refractivity contribution < 1.29 is 13.9 Å². The Morgan fingerprint density at radius 1 is 1.40 bits per heavy atom. The molecular formula is C22H21FN6O3S3. The Balaban J connectivity index is 1.53. The molecule has 1 aliphatic heterocycles. The highest BCUT2D eigenvalue weighted by Crippen LogP contribution is 2.27. The second-order valence-corrected chi connectivity index (χ2v) is 10.6.